The van der Waals surface area contributed by atoms with Gasteiger partial charge in [0.05, 0.1) is 19.2 Å². The monoisotopic (exact) mass is 310 g/mol. The van der Waals surface area contributed by atoms with Crippen LogP contribution in [0.15, 0.2) is 24.3 Å². The molecule has 0 aliphatic carbocycles. The van der Waals surface area contributed by atoms with Gasteiger partial charge in [0.15, 0.2) is 0 Å². The van der Waals surface area contributed by atoms with Crippen molar-refractivity contribution in [3.05, 3.63) is 34.9 Å². The van der Waals surface area contributed by atoms with Gasteiger partial charge in [0, 0.05) is 11.6 Å². The molecule has 1 aromatic carbocycles. The zero-order chi connectivity index (χ0) is 15.6. The summed E-state index contributed by atoms with van der Waals surface area (Å²) in [5.74, 6) is -0.00948. The molecule has 1 saturated heterocycles. The van der Waals surface area contributed by atoms with Gasteiger partial charge < -0.3 is 15.4 Å². The van der Waals surface area contributed by atoms with Crippen molar-refractivity contribution in [1.82, 2.24) is 4.90 Å². The summed E-state index contributed by atoms with van der Waals surface area (Å²) in [7, 11) is 0. The maximum Gasteiger partial charge on any atom is 0.240 e. The minimum absolute atomic E-state index is 0.00948. The first-order valence-electron chi connectivity index (χ1n) is 7.20. The Hall–Kier alpha value is -1.10. The Balaban J connectivity index is 2.07. The second-order valence-electron chi connectivity index (χ2n) is 6.54. The number of halogens is 1. The molecule has 1 aliphatic heterocycles. The van der Waals surface area contributed by atoms with Gasteiger partial charge >= 0.3 is 0 Å². The number of carbonyl (C=O) groups is 1. The standard InChI is InChI=1S/C16H23ClN2O2/c1-16(2,3)14(18)15(20)19-8-9-21-13(10-19)11-4-6-12(17)7-5-11/h4-7,13-14H,8-10,18H2,1-3H3/t13?,14-/m1/s1. The summed E-state index contributed by atoms with van der Waals surface area (Å²) in [4.78, 5) is 14.3. The van der Waals surface area contributed by atoms with Crippen molar-refractivity contribution in [2.24, 2.45) is 11.1 Å². The molecule has 1 aliphatic rings. The lowest BCUT2D eigenvalue weighted by Crippen LogP contribution is -2.53. The second-order valence-corrected chi connectivity index (χ2v) is 6.98. The van der Waals surface area contributed by atoms with Crippen LogP contribution >= 0.6 is 11.6 Å². The van der Waals surface area contributed by atoms with Gasteiger partial charge in [0.2, 0.25) is 5.91 Å². The van der Waals surface area contributed by atoms with Crippen LogP contribution in [0, 0.1) is 5.41 Å². The van der Waals surface area contributed by atoms with E-state index >= 15 is 0 Å². The number of morpholine rings is 1. The quantitative estimate of drug-likeness (QED) is 0.913. The molecule has 2 N–H and O–H groups in total. The Bertz CT molecular complexity index is 496. The number of benzene rings is 1. The lowest BCUT2D eigenvalue weighted by atomic mass is 9.86. The van der Waals surface area contributed by atoms with E-state index in [-0.39, 0.29) is 17.4 Å². The van der Waals surface area contributed by atoms with Crippen molar-refractivity contribution in [2.45, 2.75) is 32.9 Å². The Kier molecular flexibility index (Phi) is 4.91. The van der Waals surface area contributed by atoms with Gasteiger partial charge in [-0.3, -0.25) is 4.79 Å². The van der Waals surface area contributed by atoms with Gasteiger partial charge in [-0.1, -0.05) is 44.5 Å². The van der Waals surface area contributed by atoms with E-state index in [2.05, 4.69) is 0 Å². The van der Waals surface area contributed by atoms with Gasteiger partial charge in [0.1, 0.15) is 6.10 Å². The van der Waals surface area contributed by atoms with Crippen LogP contribution in [0.4, 0.5) is 0 Å². The van der Waals surface area contributed by atoms with E-state index in [1.54, 1.807) is 4.90 Å². The lowest BCUT2D eigenvalue weighted by molar-refractivity contribution is -0.142. The van der Waals surface area contributed by atoms with E-state index in [0.29, 0.717) is 24.7 Å². The van der Waals surface area contributed by atoms with Crippen LogP contribution in [-0.2, 0) is 9.53 Å². The topological polar surface area (TPSA) is 55.6 Å². The van der Waals surface area contributed by atoms with Crippen molar-refractivity contribution in [1.29, 1.82) is 0 Å². The number of hydrogen-bond acceptors (Lipinski definition) is 3. The molecule has 0 radical (unpaired) electrons. The number of rotatable bonds is 2. The Morgan fingerprint density at radius 1 is 1.38 bits per heavy atom. The van der Waals surface area contributed by atoms with Crippen LogP contribution in [0.1, 0.15) is 32.4 Å². The molecule has 0 bridgehead atoms. The summed E-state index contributed by atoms with van der Waals surface area (Å²) in [6.45, 7) is 7.58. The maximum atomic E-state index is 12.5. The largest absolute Gasteiger partial charge is 0.370 e. The molecule has 1 amide bonds. The summed E-state index contributed by atoms with van der Waals surface area (Å²) < 4.78 is 5.77. The maximum absolute atomic E-state index is 12.5. The molecule has 2 atom stereocenters. The first kappa shape index (κ1) is 16.3. The molecule has 0 aromatic heterocycles. The van der Waals surface area contributed by atoms with Gasteiger partial charge in [-0.05, 0) is 23.1 Å². The van der Waals surface area contributed by atoms with Crippen molar-refractivity contribution >= 4 is 17.5 Å². The van der Waals surface area contributed by atoms with Crippen molar-refractivity contribution in [3.63, 3.8) is 0 Å². The van der Waals surface area contributed by atoms with E-state index in [9.17, 15) is 4.79 Å². The molecule has 0 spiro atoms. The van der Waals surface area contributed by atoms with Crippen LogP contribution in [-0.4, -0.2) is 36.5 Å². The molecule has 116 valence electrons. The Morgan fingerprint density at radius 2 is 2.00 bits per heavy atom. The SMILES string of the molecule is CC(C)(C)[C@H](N)C(=O)N1CCOC(c2ccc(Cl)cc2)C1. The highest BCUT2D eigenvalue weighted by molar-refractivity contribution is 6.30. The van der Waals surface area contributed by atoms with Gasteiger partial charge in [-0.2, -0.15) is 0 Å². The number of nitrogens with zero attached hydrogens (tertiary/aromatic N) is 1. The fourth-order valence-electron chi connectivity index (χ4n) is 2.30. The highest BCUT2D eigenvalue weighted by atomic mass is 35.5. The van der Waals surface area contributed by atoms with Crippen LogP contribution in [0.2, 0.25) is 5.02 Å². The van der Waals surface area contributed by atoms with Crippen molar-refractivity contribution in [2.75, 3.05) is 19.7 Å². The van der Waals surface area contributed by atoms with E-state index in [0.717, 1.165) is 5.56 Å². The predicted octanol–water partition coefficient (Wildman–Crippen LogP) is 2.61. The molecule has 4 nitrogen and oxygen atoms in total. The first-order chi connectivity index (χ1) is 9.79. The van der Waals surface area contributed by atoms with Gasteiger partial charge in [-0.25, -0.2) is 0 Å². The molecule has 1 unspecified atom stereocenters. The molecule has 1 heterocycles. The number of amides is 1. The third-order valence-electron chi connectivity index (χ3n) is 3.82. The molecular weight excluding hydrogens is 288 g/mol. The Labute approximate surface area is 131 Å². The summed E-state index contributed by atoms with van der Waals surface area (Å²) in [5, 5.41) is 0.692. The number of hydrogen-bond donors (Lipinski definition) is 1. The smallest absolute Gasteiger partial charge is 0.240 e. The molecule has 0 saturated carbocycles. The zero-order valence-electron chi connectivity index (χ0n) is 12.8. The van der Waals surface area contributed by atoms with E-state index in [1.165, 1.54) is 0 Å². The molecular formula is C16H23ClN2O2. The number of nitrogens with two attached hydrogens (primary N) is 1. The summed E-state index contributed by atoms with van der Waals surface area (Å²) in [6, 6.07) is 7.04. The normalized spacial score (nSPS) is 21.2. The molecule has 21 heavy (non-hydrogen) atoms. The average molecular weight is 311 g/mol. The van der Waals surface area contributed by atoms with E-state index < -0.39 is 6.04 Å². The average Bonchev–Trinajstić information content (AvgIpc) is 2.45. The molecule has 5 heteroatoms. The third-order valence-corrected chi connectivity index (χ3v) is 4.07. The van der Waals surface area contributed by atoms with Crippen LogP contribution in [0.25, 0.3) is 0 Å². The summed E-state index contributed by atoms with van der Waals surface area (Å²) >= 11 is 5.90. The second kappa shape index (κ2) is 6.34. The van der Waals surface area contributed by atoms with Gasteiger partial charge in [0.25, 0.3) is 0 Å². The first-order valence-corrected chi connectivity index (χ1v) is 7.58. The Morgan fingerprint density at radius 3 is 2.57 bits per heavy atom. The number of ether oxygens (including phenoxy) is 1. The third kappa shape index (κ3) is 3.96. The zero-order valence-corrected chi connectivity index (χ0v) is 13.6. The van der Waals surface area contributed by atoms with E-state index in [4.69, 9.17) is 22.1 Å². The fraction of sp³-hybridized carbons (Fsp3) is 0.562. The van der Waals surface area contributed by atoms with Crippen LogP contribution < -0.4 is 5.73 Å². The van der Waals surface area contributed by atoms with Crippen LogP contribution in [0.5, 0.6) is 0 Å². The summed E-state index contributed by atoms with van der Waals surface area (Å²) in [6.07, 6.45) is -0.118. The fourth-order valence-corrected chi connectivity index (χ4v) is 2.42. The highest BCUT2D eigenvalue weighted by Gasteiger charge is 2.34. The van der Waals surface area contributed by atoms with E-state index in [1.807, 2.05) is 45.0 Å². The molecule has 2 rings (SSSR count). The molecule has 1 fully saturated rings. The van der Waals surface area contributed by atoms with Crippen molar-refractivity contribution < 1.29 is 9.53 Å². The van der Waals surface area contributed by atoms with Gasteiger partial charge in [-0.15, -0.1) is 0 Å². The predicted molar refractivity (Wildman–Crippen MR) is 84.2 cm³/mol. The minimum atomic E-state index is -0.499. The number of carbonyl (C=O) groups excluding carboxylic acids is 1. The minimum Gasteiger partial charge on any atom is -0.370 e. The highest BCUT2D eigenvalue weighted by Crippen LogP contribution is 2.26. The lowest BCUT2D eigenvalue weighted by Gasteiger charge is -2.37. The van der Waals surface area contributed by atoms with Crippen LogP contribution in [0.3, 0.4) is 0 Å². The van der Waals surface area contributed by atoms with Crippen molar-refractivity contribution in [3.8, 4) is 0 Å². The molecule has 1 aromatic rings. The summed E-state index contributed by atoms with van der Waals surface area (Å²) in [5.41, 5.74) is 6.86.